The summed E-state index contributed by atoms with van der Waals surface area (Å²) in [6.45, 7) is 4.85. The maximum atomic E-state index is 10.3. The highest BCUT2D eigenvalue weighted by atomic mass is 32.1. The van der Waals surface area contributed by atoms with Crippen molar-refractivity contribution in [1.82, 2.24) is 9.80 Å². The van der Waals surface area contributed by atoms with Crippen molar-refractivity contribution >= 4 is 11.3 Å². The van der Waals surface area contributed by atoms with Crippen LogP contribution >= 0.6 is 11.3 Å². The molecule has 1 atom stereocenters. The summed E-state index contributed by atoms with van der Waals surface area (Å²) in [6.07, 6.45) is 1.96. The van der Waals surface area contributed by atoms with Gasteiger partial charge in [0.05, 0.1) is 7.11 Å². The van der Waals surface area contributed by atoms with Gasteiger partial charge in [-0.15, -0.1) is 0 Å². The van der Waals surface area contributed by atoms with E-state index in [9.17, 15) is 5.11 Å². The third kappa shape index (κ3) is 6.21. The normalized spacial score (nSPS) is 16.0. The van der Waals surface area contributed by atoms with E-state index in [1.807, 2.05) is 12.1 Å². The highest BCUT2D eigenvalue weighted by Gasteiger charge is 2.17. The number of benzene rings is 1. The van der Waals surface area contributed by atoms with Crippen LogP contribution in [0, 0.1) is 0 Å². The van der Waals surface area contributed by atoms with Crippen LogP contribution in [0.25, 0.3) is 0 Å². The lowest BCUT2D eigenvalue weighted by Crippen LogP contribution is -2.33. The monoisotopic (exact) mass is 390 g/mol. The Kier molecular flexibility index (Phi) is 7.52. The summed E-state index contributed by atoms with van der Waals surface area (Å²) >= 11 is 1.73. The summed E-state index contributed by atoms with van der Waals surface area (Å²) in [5.74, 6) is 1.40. The molecule has 0 amide bonds. The van der Waals surface area contributed by atoms with Crippen molar-refractivity contribution < 1.29 is 14.6 Å². The minimum Gasteiger partial charge on any atom is -0.493 e. The van der Waals surface area contributed by atoms with Crippen molar-refractivity contribution in [1.29, 1.82) is 0 Å². The standard InChI is InChI=1S/C21H30N2O3S/c1-22(13-18-7-10-27-16-18)12-17-5-6-20(25-2)21(11-17)26-15-19(24)14-23-8-3-4-9-23/h5-7,10-11,16,19,24H,3-4,8-9,12-15H2,1-2H3. The number of β-amino-alcohol motifs (C(OH)–C–C–N with tert-alkyl or cyclic N) is 1. The SMILES string of the molecule is COc1ccc(CN(C)Cc2ccsc2)cc1OCC(O)CN1CCCC1. The maximum Gasteiger partial charge on any atom is 0.161 e. The van der Waals surface area contributed by atoms with Gasteiger partial charge in [0, 0.05) is 19.6 Å². The first-order chi connectivity index (χ1) is 13.1. The van der Waals surface area contributed by atoms with E-state index in [4.69, 9.17) is 9.47 Å². The quantitative estimate of drug-likeness (QED) is 0.675. The van der Waals surface area contributed by atoms with Crippen molar-refractivity contribution in [3.63, 3.8) is 0 Å². The summed E-state index contributed by atoms with van der Waals surface area (Å²) in [5, 5.41) is 14.6. The van der Waals surface area contributed by atoms with Gasteiger partial charge >= 0.3 is 0 Å². The Labute approximate surface area is 166 Å². The van der Waals surface area contributed by atoms with Gasteiger partial charge in [-0.2, -0.15) is 11.3 Å². The summed E-state index contributed by atoms with van der Waals surface area (Å²) in [4.78, 5) is 4.57. The Morgan fingerprint density at radius 3 is 2.63 bits per heavy atom. The molecule has 5 nitrogen and oxygen atoms in total. The smallest absolute Gasteiger partial charge is 0.161 e. The first-order valence-corrected chi connectivity index (χ1v) is 10.5. The maximum absolute atomic E-state index is 10.3. The van der Waals surface area contributed by atoms with Gasteiger partial charge in [0.2, 0.25) is 0 Å². The average Bonchev–Trinajstić information content (AvgIpc) is 3.34. The second-order valence-electron chi connectivity index (χ2n) is 7.26. The van der Waals surface area contributed by atoms with Crippen LogP contribution in [0.3, 0.4) is 0 Å². The minimum atomic E-state index is -0.488. The fourth-order valence-corrected chi connectivity index (χ4v) is 4.16. The number of aliphatic hydroxyl groups excluding tert-OH is 1. The molecular formula is C21H30N2O3S. The number of rotatable bonds is 10. The Morgan fingerprint density at radius 1 is 1.15 bits per heavy atom. The predicted octanol–water partition coefficient (Wildman–Crippen LogP) is 3.22. The highest BCUT2D eigenvalue weighted by Crippen LogP contribution is 2.29. The van der Waals surface area contributed by atoms with E-state index < -0.39 is 6.10 Å². The zero-order valence-corrected chi connectivity index (χ0v) is 17.1. The lowest BCUT2D eigenvalue weighted by molar-refractivity contribution is 0.0746. The molecule has 27 heavy (non-hydrogen) atoms. The van der Waals surface area contributed by atoms with Crippen LogP contribution in [-0.2, 0) is 13.1 Å². The molecule has 0 radical (unpaired) electrons. The number of nitrogens with zero attached hydrogens (tertiary/aromatic N) is 2. The van der Waals surface area contributed by atoms with E-state index >= 15 is 0 Å². The van der Waals surface area contributed by atoms with Gasteiger partial charge in [-0.1, -0.05) is 6.07 Å². The van der Waals surface area contributed by atoms with E-state index in [0.29, 0.717) is 18.0 Å². The molecule has 1 unspecified atom stereocenters. The van der Waals surface area contributed by atoms with Crippen LogP contribution in [0.2, 0.25) is 0 Å². The van der Waals surface area contributed by atoms with Gasteiger partial charge in [0.25, 0.3) is 0 Å². The Bertz CT molecular complexity index is 687. The van der Waals surface area contributed by atoms with Gasteiger partial charge < -0.3 is 19.5 Å². The molecule has 1 N–H and O–H groups in total. The average molecular weight is 391 g/mol. The molecule has 2 aromatic rings. The zero-order valence-electron chi connectivity index (χ0n) is 16.3. The van der Waals surface area contributed by atoms with Crippen LogP contribution in [0.1, 0.15) is 24.0 Å². The minimum absolute atomic E-state index is 0.279. The molecule has 1 saturated heterocycles. The Morgan fingerprint density at radius 2 is 1.93 bits per heavy atom. The first kappa shape index (κ1) is 20.1. The van der Waals surface area contributed by atoms with E-state index in [0.717, 1.165) is 31.7 Å². The van der Waals surface area contributed by atoms with E-state index in [2.05, 4.69) is 39.7 Å². The molecule has 1 fully saturated rings. The van der Waals surface area contributed by atoms with Gasteiger partial charge in [-0.3, -0.25) is 4.90 Å². The van der Waals surface area contributed by atoms with E-state index in [1.54, 1.807) is 18.4 Å². The molecule has 0 aliphatic carbocycles. The fourth-order valence-electron chi connectivity index (χ4n) is 3.50. The number of thiophene rings is 1. The lowest BCUT2D eigenvalue weighted by Gasteiger charge is -2.21. The second-order valence-corrected chi connectivity index (χ2v) is 8.04. The molecule has 2 heterocycles. The molecule has 1 aliphatic rings. The zero-order chi connectivity index (χ0) is 19.1. The topological polar surface area (TPSA) is 45.2 Å². The molecule has 1 aliphatic heterocycles. The first-order valence-electron chi connectivity index (χ1n) is 9.54. The van der Waals surface area contributed by atoms with Crippen LogP contribution in [0.5, 0.6) is 11.5 Å². The summed E-state index contributed by atoms with van der Waals surface area (Å²) in [6, 6.07) is 8.18. The number of aliphatic hydroxyl groups is 1. The number of likely N-dealkylation sites (tertiary alicyclic amines) is 1. The molecule has 6 heteroatoms. The number of ether oxygens (including phenoxy) is 2. The van der Waals surface area contributed by atoms with Crippen molar-refractivity contribution in [3.05, 3.63) is 46.2 Å². The third-order valence-corrected chi connectivity index (χ3v) is 5.54. The molecule has 1 aromatic heterocycles. The molecule has 3 rings (SSSR count). The van der Waals surface area contributed by atoms with Crippen LogP contribution < -0.4 is 9.47 Å². The molecule has 0 spiro atoms. The van der Waals surface area contributed by atoms with Crippen LogP contribution in [0.15, 0.2) is 35.0 Å². The highest BCUT2D eigenvalue weighted by molar-refractivity contribution is 7.07. The summed E-state index contributed by atoms with van der Waals surface area (Å²) in [5.41, 5.74) is 2.50. The molecule has 148 valence electrons. The Hall–Kier alpha value is -1.60. The van der Waals surface area contributed by atoms with Gasteiger partial charge in [-0.05, 0) is 73.1 Å². The number of hydrogen-bond donors (Lipinski definition) is 1. The van der Waals surface area contributed by atoms with Crippen molar-refractivity contribution in [2.24, 2.45) is 0 Å². The van der Waals surface area contributed by atoms with Gasteiger partial charge in [-0.25, -0.2) is 0 Å². The number of methoxy groups -OCH3 is 1. The van der Waals surface area contributed by atoms with Gasteiger partial charge in [0.1, 0.15) is 12.7 Å². The van der Waals surface area contributed by atoms with Crippen molar-refractivity contribution in [3.8, 4) is 11.5 Å². The molecule has 0 bridgehead atoms. The summed E-state index contributed by atoms with van der Waals surface area (Å²) < 4.78 is 11.3. The predicted molar refractivity (Wildman–Crippen MR) is 110 cm³/mol. The van der Waals surface area contributed by atoms with Crippen LogP contribution in [-0.4, -0.2) is 61.4 Å². The third-order valence-electron chi connectivity index (χ3n) is 4.81. The lowest BCUT2D eigenvalue weighted by atomic mass is 10.2. The second kappa shape index (κ2) is 10.1. The van der Waals surface area contributed by atoms with Gasteiger partial charge in [0.15, 0.2) is 11.5 Å². The van der Waals surface area contributed by atoms with E-state index in [-0.39, 0.29) is 6.61 Å². The molecule has 0 saturated carbocycles. The van der Waals surface area contributed by atoms with E-state index in [1.165, 1.54) is 18.4 Å². The largest absolute Gasteiger partial charge is 0.493 e. The Balaban J connectivity index is 1.55. The van der Waals surface area contributed by atoms with Crippen molar-refractivity contribution in [2.45, 2.75) is 32.0 Å². The van der Waals surface area contributed by atoms with Crippen molar-refractivity contribution in [2.75, 3.05) is 40.4 Å². The molecule has 1 aromatic carbocycles. The number of hydrogen-bond acceptors (Lipinski definition) is 6. The summed E-state index contributed by atoms with van der Waals surface area (Å²) in [7, 11) is 3.76. The molecular weight excluding hydrogens is 360 g/mol. The fraction of sp³-hybridized carbons (Fsp3) is 0.524. The van der Waals surface area contributed by atoms with Crippen LogP contribution in [0.4, 0.5) is 0 Å².